The predicted molar refractivity (Wildman–Crippen MR) is 101 cm³/mol. The third-order valence-corrected chi connectivity index (χ3v) is 5.35. The van der Waals surface area contributed by atoms with E-state index in [9.17, 15) is 14.4 Å². The third-order valence-electron chi connectivity index (χ3n) is 5.35. The maximum atomic E-state index is 13.2. The fourth-order valence-electron chi connectivity index (χ4n) is 4.06. The van der Waals surface area contributed by atoms with Crippen molar-refractivity contribution < 1.29 is 19.1 Å². The second kappa shape index (κ2) is 6.98. The van der Waals surface area contributed by atoms with Crippen LogP contribution in [0.25, 0.3) is 0 Å². The molecule has 0 radical (unpaired) electrons. The zero-order chi connectivity index (χ0) is 19.8. The molecular formula is C21H28N2O4. The zero-order valence-corrected chi connectivity index (χ0v) is 16.5. The van der Waals surface area contributed by atoms with Crippen molar-refractivity contribution >= 4 is 17.9 Å². The lowest BCUT2D eigenvalue weighted by molar-refractivity contribution is -0.143. The molecular weight excluding hydrogens is 344 g/mol. The molecule has 2 aliphatic heterocycles. The highest BCUT2D eigenvalue weighted by Gasteiger charge is 2.56. The maximum absolute atomic E-state index is 13.2. The zero-order valence-electron chi connectivity index (χ0n) is 16.5. The Morgan fingerprint density at radius 2 is 1.89 bits per heavy atom. The summed E-state index contributed by atoms with van der Waals surface area (Å²) in [4.78, 5) is 41.4. The van der Waals surface area contributed by atoms with Gasteiger partial charge in [0.1, 0.15) is 5.60 Å². The van der Waals surface area contributed by atoms with E-state index in [1.165, 1.54) is 4.90 Å². The van der Waals surface area contributed by atoms with Crippen molar-refractivity contribution in [2.75, 3.05) is 6.54 Å². The van der Waals surface area contributed by atoms with Gasteiger partial charge in [0.05, 0.1) is 12.0 Å². The minimum Gasteiger partial charge on any atom is -0.444 e. The average Bonchev–Trinajstić information content (AvgIpc) is 3.15. The van der Waals surface area contributed by atoms with Crippen LogP contribution >= 0.6 is 0 Å². The van der Waals surface area contributed by atoms with Crippen molar-refractivity contribution in [1.82, 2.24) is 9.80 Å². The SMILES string of the molecule is CC(C)(C)OC(=O)N1CCC[C@@H]1[C@@]1(C)CC(=O)N(Cc2ccccc2)C1=O. The van der Waals surface area contributed by atoms with Crippen LogP contribution < -0.4 is 0 Å². The van der Waals surface area contributed by atoms with E-state index < -0.39 is 17.1 Å². The number of amides is 3. The van der Waals surface area contributed by atoms with Crippen LogP contribution in [0.2, 0.25) is 0 Å². The smallest absolute Gasteiger partial charge is 0.410 e. The Hall–Kier alpha value is -2.37. The Kier molecular flexibility index (Phi) is 5.02. The lowest BCUT2D eigenvalue weighted by atomic mass is 9.79. The summed E-state index contributed by atoms with van der Waals surface area (Å²) in [6.45, 7) is 8.10. The van der Waals surface area contributed by atoms with Gasteiger partial charge < -0.3 is 9.64 Å². The number of carbonyl (C=O) groups is 3. The highest BCUT2D eigenvalue weighted by Crippen LogP contribution is 2.43. The fourth-order valence-corrected chi connectivity index (χ4v) is 4.06. The molecule has 0 aromatic heterocycles. The first kappa shape index (κ1) is 19.4. The number of benzene rings is 1. The summed E-state index contributed by atoms with van der Waals surface area (Å²) in [7, 11) is 0. The molecule has 6 heteroatoms. The van der Waals surface area contributed by atoms with Gasteiger partial charge in [-0.1, -0.05) is 30.3 Å². The molecule has 27 heavy (non-hydrogen) atoms. The molecule has 2 saturated heterocycles. The number of ether oxygens (including phenoxy) is 1. The van der Waals surface area contributed by atoms with Crippen LogP contribution in [0, 0.1) is 5.41 Å². The summed E-state index contributed by atoms with van der Waals surface area (Å²) in [5.41, 5.74) is -0.585. The minimum absolute atomic E-state index is 0.128. The van der Waals surface area contributed by atoms with Crippen LogP contribution in [0.15, 0.2) is 30.3 Å². The predicted octanol–water partition coefficient (Wildman–Crippen LogP) is 3.35. The first-order valence-corrected chi connectivity index (χ1v) is 9.50. The summed E-state index contributed by atoms with van der Waals surface area (Å²) >= 11 is 0. The highest BCUT2D eigenvalue weighted by molar-refractivity contribution is 6.06. The van der Waals surface area contributed by atoms with Crippen LogP contribution in [0.3, 0.4) is 0 Å². The van der Waals surface area contributed by atoms with E-state index in [0.717, 1.165) is 12.0 Å². The standard InChI is InChI=1S/C21H28N2O4/c1-20(2,3)27-19(26)22-12-8-11-16(22)21(4)13-17(24)23(18(21)25)14-15-9-6-5-7-10-15/h5-7,9-10,16H,8,11-14H2,1-4H3/t16-,21-/m1/s1. The Bertz CT molecular complexity index is 740. The second-order valence-corrected chi connectivity index (χ2v) is 8.70. The van der Waals surface area contributed by atoms with Gasteiger partial charge in [-0.05, 0) is 46.1 Å². The van der Waals surface area contributed by atoms with Crippen LogP contribution in [0.4, 0.5) is 4.79 Å². The Morgan fingerprint density at radius 3 is 2.52 bits per heavy atom. The van der Waals surface area contributed by atoms with Crippen LogP contribution in [-0.2, 0) is 20.9 Å². The molecule has 146 valence electrons. The summed E-state index contributed by atoms with van der Waals surface area (Å²) < 4.78 is 5.52. The normalized spacial score (nSPS) is 26.0. The van der Waals surface area contributed by atoms with E-state index in [1.54, 1.807) is 4.90 Å². The van der Waals surface area contributed by atoms with Gasteiger partial charge in [0, 0.05) is 19.0 Å². The van der Waals surface area contributed by atoms with Crippen LogP contribution in [0.1, 0.15) is 52.5 Å². The van der Waals surface area contributed by atoms with Crippen molar-refractivity contribution in [2.45, 2.75) is 65.1 Å². The lowest BCUT2D eigenvalue weighted by Gasteiger charge is -2.36. The molecule has 2 atom stereocenters. The van der Waals surface area contributed by atoms with E-state index in [2.05, 4.69) is 0 Å². The van der Waals surface area contributed by atoms with Gasteiger partial charge in [0.15, 0.2) is 0 Å². The topological polar surface area (TPSA) is 66.9 Å². The quantitative estimate of drug-likeness (QED) is 0.763. The number of hydrogen-bond donors (Lipinski definition) is 0. The van der Waals surface area contributed by atoms with Crippen molar-refractivity contribution in [1.29, 1.82) is 0 Å². The number of likely N-dealkylation sites (tertiary alicyclic amines) is 2. The summed E-state index contributed by atoms with van der Waals surface area (Å²) in [6.07, 6.45) is 1.23. The molecule has 2 aliphatic rings. The monoisotopic (exact) mass is 372 g/mol. The van der Waals surface area contributed by atoms with Gasteiger partial charge >= 0.3 is 6.09 Å². The minimum atomic E-state index is -0.904. The van der Waals surface area contributed by atoms with Gasteiger partial charge in [0.25, 0.3) is 0 Å². The van der Waals surface area contributed by atoms with Gasteiger partial charge in [-0.2, -0.15) is 0 Å². The van der Waals surface area contributed by atoms with Crippen molar-refractivity contribution in [3.8, 4) is 0 Å². The molecule has 3 amide bonds. The summed E-state index contributed by atoms with van der Waals surface area (Å²) in [6, 6.07) is 9.17. The molecule has 0 N–H and O–H groups in total. The van der Waals surface area contributed by atoms with Crippen molar-refractivity contribution in [3.05, 3.63) is 35.9 Å². The van der Waals surface area contributed by atoms with Crippen LogP contribution in [-0.4, -0.2) is 45.9 Å². The molecule has 1 aromatic carbocycles. The third kappa shape index (κ3) is 3.84. The number of imide groups is 1. The molecule has 6 nitrogen and oxygen atoms in total. The van der Waals surface area contributed by atoms with E-state index in [0.29, 0.717) is 13.0 Å². The number of carbonyl (C=O) groups excluding carboxylic acids is 3. The largest absolute Gasteiger partial charge is 0.444 e. The van der Waals surface area contributed by atoms with E-state index in [-0.39, 0.29) is 30.8 Å². The van der Waals surface area contributed by atoms with E-state index in [4.69, 9.17) is 4.74 Å². The first-order valence-electron chi connectivity index (χ1n) is 9.50. The Morgan fingerprint density at radius 1 is 1.22 bits per heavy atom. The lowest BCUT2D eigenvalue weighted by Crippen LogP contribution is -2.50. The molecule has 0 aliphatic carbocycles. The molecule has 1 aromatic rings. The Balaban J connectivity index is 1.79. The molecule has 0 bridgehead atoms. The molecule has 0 saturated carbocycles. The highest BCUT2D eigenvalue weighted by atomic mass is 16.6. The molecule has 0 spiro atoms. The number of hydrogen-bond acceptors (Lipinski definition) is 4. The van der Waals surface area contributed by atoms with Crippen LogP contribution in [0.5, 0.6) is 0 Å². The Labute approximate surface area is 160 Å². The summed E-state index contributed by atoms with van der Waals surface area (Å²) in [5, 5.41) is 0. The van der Waals surface area contributed by atoms with Gasteiger partial charge in [0.2, 0.25) is 11.8 Å². The van der Waals surface area contributed by atoms with E-state index >= 15 is 0 Å². The van der Waals surface area contributed by atoms with Gasteiger partial charge in [-0.25, -0.2) is 4.79 Å². The number of rotatable bonds is 3. The molecule has 2 fully saturated rings. The first-order chi connectivity index (χ1) is 12.6. The molecule has 2 heterocycles. The second-order valence-electron chi connectivity index (χ2n) is 8.70. The molecule has 3 rings (SSSR count). The number of nitrogens with zero attached hydrogens (tertiary/aromatic N) is 2. The van der Waals surface area contributed by atoms with Gasteiger partial charge in [-0.3, -0.25) is 14.5 Å². The average molecular weight is 372 g/mol. The van der Waals surface area contributed by atoms with Crippen molar-refractivity contribution in [3.63, 3.8) is 0 Å². The molecule has 0 unspecified atom stereocenters. The fraction of sp³-hybridized carbons (Fsp3) is 0.571. The van der Waals surface area contributed by atoms with Crippen molar-refractivity contribution in [2.24, 2.45) is 5.41 Å². The van der Waals surface area contributed by atoms with E-state index in [1.807, 2.05) is 58.0 Å². The summed E-state index contributed by atoms with van der Waals surface area (Å²) in [5.74, 6) is -0.376. The van der Waals surface area contributed by atoms with Gasteiger partial charge in [-0.15, -0.1) is 0 Å². The maximum Gasteiger partial charge on any atom is 0.410 e.